The van der Waals surface area contributed by atoms with Gasteiger partial charge in [0.15, 0.2) is 0 Å². The van der Waals surface area contributed by atoms with Crippen LogP contribution in [0.1, 0.15) is 57.4 Å². The summed E-state index contributed by atoms with van der Waals surface area (Å²) < 4.78 is 43.0. The first-order chi connectivity index (χ1) is 11.9. The minimum Gasteiger partial charge on any atom is -0.397 e. The molecule has 0 bridgehead atoms. The third-order valence-electron chi connectivity index (χ3n) is 5.07. The normalized spacial score (nSPS) is 17.5. The van der Waals surface area contributed by atoms with Crippen LogP contribution in [0.2, 0.25) is 0 Å². The molecule has 1 aliphatic heterocycles. The fourth-order valence-electron chi connectivity index (χ4n) is 3.65. The van der Waals surface area contributed by atoms with Gasteiger partial charge in [0.2, 0.25) is 0 Å². The molecule has 0 amide bonds. The summed E-state index contributed by atoms with van der Waals surface area (Å²) >= 11 is 0. The molecule has 2 N–H and O–H groups in total. The van der Waals surface area contributed by atoms with E-state index in [0.717, 1.165) is 43.9 Å². The Hall–Kier alpha value is -1.43. The maximum atomic E-state index is 12.5. The molecule has 1 heterocycles. The number of hydrogen-bond donors (Lipinski definition) is 1. The second-order valence-electron chi connectivity index (χ2n) is 6.71. The van der Waals surface area contributed by atoms with Crippen LogP contribution < -0.4 is 10.6 Å². The number of alkyl halides is 3. The van der Waals surface area contributed by atoms with Gasteiger partial charge in [0.25, 0.3) is 0 Å². The standard InChI is InChI=1S/C19H29F3N2O/c1-3-14(7-10-19(20,21)22)15-5-6-18(17(23)13-15)24(4-2)16-8-11-25-12-9-16/h5-6,13-14,16H,3-4,7-12,23H2,1-2H3/t14-/m1/s1. The van der Waals surface area contributed by atoms with Gasteiger partial charge in [-0.25, -0.2) is 0 Å². The molecular formula is C19H29F3N2O. The van der Waals surface area contributed by atoms with Crippen molar-refractivity contribution >= 4 is 11.4 Å². The lowest BCUT2D eigenvalue weighted by Gasteiger charge is -2.36. The highest BCUT2D eigenvalue weighted by Gasteiger charge is 2.28. The van der Waals surface area contributed by atoms with E-state index in [9.17, 15) is 13.2 Å². The molecule has 0 spiro atoms. The van der Waals surface area contributed by atoms with Gasteiger partial charge in [-0.2, -0.15) is 13.2 Å². The fraction of sp³-hybridized carbons (Fsp3) is 0.684. The quantitative estimate of drug-likeness (QED) is 0.688. The average Bonchev–Trinajstić information content (AvgIpc) is 2.58. The number of nitrogen functional groups attached to an aromatic ring is 1. The van der Waals surface area contributed by atoms with Crippen molar-refractivity contribution in [1.82, 2.24) is 0 Å². The lowest BCUT2D eigenvalue weighted by Crippen LogP contribution is -2.39. The van der Waals surface area contributed by atoms with Gasteiger partial charge in [-0.3, -0.25) is 0 Å². The third kappa shape index (κ3) is 5.53. The number of nitrogens with zero attached hydrogens (tertiary/aromatic N) is 1. The topological polar surface area (TPSA) is 38.5 Å². The van der Waals surface area contributed by atoms with E-state index >= 15 is 0 Å². The largest absolute Gasteiger partial charge is 0.397 e. The van der Waals surface area contributed by atoms with E-state index in [1.165, 1.54) is 0 Å². The van der Waals surface area contributed by atoms with Crippen molar-refractivity contribution in [1.29, 1.82) is 0 Å². The van der Waals surface area contributed by atoms with Crippen molar-refractivity contribution in [3.8, 4) is 0 Å². The Bertz CT molecular complexity index is 542. The van der Waals surface area contributed by atoms with E-state index in [1.807, 2.05) is 25.1 Å². The number of ether oxygens (including phenoxy) is 1. The van der Waals surface area contributed by atoms with Gasteiger partial charge in [0.05, 0.1) is 11.4 Å². The van der Waals surface area contributed by atoms with Gasteiger partial charge in [-0.1, -0.05) is 13.0 Å². The molecule has 2 rings (SSSR count). The van der Waals surface area contributed by atoms with Crippen LogP contribution in [0.15, 0.2) is 18.2 Å². The zero-order valence-corrected chi connectivity index (χ0v) is 15.1. The van der Waals surface area contributed by atoms with Gasteiger partial charge >= 0.3 is 6.18 Å². The van der Waals surface area contributed by atoms with E-state index in [1.54, 1.807) is 0 Å². The van der Waals surface area contributed by atoms with Crippen LogP contribution in [0.5, 0.6) is 0 Å². The Morgan fingerprint density at radius 2 is 1.92 bits per heavy atom. The first-order valence-electron chi connectivity index (χ1n) is 9.16. The number of halogens is 3. The number of hydrogen-bond acceptors (Lipinski definition) is 3. The maximum absolute atomic E-state index is 12.5. The van der Waals surface area contributed by atoms with Crippen molar-refractivity contribution in [3.05, 3.63) is 23.8 Å². The summed E-state index contributed by atoms with van der Waals surface area (Å²) in [5.41, 5.74) is 8.81. The molecule has 6 heteroatoms. The van der Waals surface area contributed by atoms with Crippen molar-refractivity contribution in [2.75, 3.05) is 30.4 Å². The van der Waals surface area contributed by atoms with E-state index in [4.69, 9.17) is 10.5 Å². The SMILES string of the molecule is CC[C@H](CCC(F)(F)F)c1ccc(N(CC)C2CCOCC2)c(N)c1. The summed E-state index contributed by atoms with van der Waals surface area (Å²) in [5, 5.41) is 0. The van der Waals surface area contributed by atoms with Crippen LogP contribution in [-0.4, -0.2) is 32.0 Å². The molecule has 1 aromatic rings. The molecule has 0 aromatic heterocycles. The number of nitrogens with two attached hydrogens (primary N) is 1. The Morgan fingerprint density at radius 3 is 2.44 bits per heavy atom. The van der Waals surface area contributed by atoms with Crippen LogP contribution in [0.3, 0.4) is 0 Å². The number of benzene rings is 1. The third-order valence-corrected chi connectivity index (χ3v) is 5.07. The van der Waals surface area contributed by atoms with Gasteiger partial charge in [0, 0.05) is 32.2 Å². The summed E-state index contributed by atoms with van der Waals surface area (Å²) in [6.07, 6.45) is -2.14. The van der Waals surface area contributed by atoms with Crippen LogP contribution >= 0.6 is 0 Å². The summed E-state index contributed by atoms with van der Waals surface area (Å²) in [5.74, 6) is -0.115. The number of rotatable bonds is 7. The molecule has 25 heavy (non-hydrogen) atoms. The minimum absolute atomic E-state index is 0.107. The van der Waals surface area contributed by atoms with E-state index in [0.29, 0.717) is 18.2 Å². The molecule has 1 saturated heterocycles. The summed E-state index contributed by atoms with van der Waals surface area (Å²) in [4.78, 5) is 2.29. The maximum Gasteiger partial charge on any atom is 0.389 e. The molecule has 1 fully saturated rings. The number of anilines is 2. The Labute approximate surface area is 148 Å². The molecule has 1 aromatic carbocycles. The predicted octanol–water partition coefficient (Wildman–Crippen LogP) is 5.11. The van der Waals surface area contributed by atoms with Crippen LogP contribution in [-0.2, 0) is 4.74 Å². The fourth-order valence-corrected chi connectivity index (χ4v) is 3.65. The second-order valence-corrected chi connectivity index (χ2v) is 6.71. The van der Waals surface area contributed by atoms with Crippen LogP contribution in [0, 0.1) is 0 Å². The molecule has 0 aliphatic carbocycles. The zero-order valence-electron chi connectivity index (χ0n) is 15.1. The van der Waals surface area contributed by atoms with Crippen LogP contribution in [0.25, 0.3) is 0 Å². The second kappa shape index (κ2) is 8.79. The molecule has 0 unspecified atom stereocenters. The summed E-state index contributed by atoms with van der Waals surface area (Å²) in [6, 6.07) is 6.18. The van der Waals surface area contributed by atoms with E-state index in [-0.39, 0.29) is 12.3 Å². The Kier molecular flexibility index (Phi) is 6.99. The lowest BCUT2D eigenvalue weighted by atomic mass is 9.91. The van der Waals surface area contributed by atoms with Crippen molar-refractivity contribution in [3.63, 3.8) is 0 Å². The van der Waals surface area contributed by atoms with Crippen molar-refractivity contribution in [2.45, 2.75) is 64.1 Å². The molecule has 1 aliphatic rings. The predicted molar refractivity (Wildman–Crippen MR) is 96.0 cm³/mol. The molecule has 0 saturated carbocycles. The van der Waals surface area contributed by atoms with Gasteiger partial charge in [-0.05, 0) is 56.2 Å². The van der Waals surface area contributed by atoms with E-state index in [2.05, 4.69) is 11.8 Å². The average molecular weight is 358 g/mol. The molecular weight excluding hydrogens is 329 g/mol. The van der Waals surface area contributed by atoms with Crippen LogP contribution in [0.4, 0.5) is 24.5 Å². The molecule has 0 radical (unpaired) electrons. The van der Waals surface area contributed by atoms with Gasteiger partial charge in [-0.15, -0.1) is 0 Å². The highest BCUT2D eigenvalue weighted by atomic mass is 19.4. The molecule has 142 valence electrons. The Morgan fingerprint density at radius 1 is 1.24 bits per heavy atom. The first-order valence-corrected chi connectivity index (χ1v) is 9.16. The highest BCUT2D eigenvalue weighted by molar-refractivity contribution is 5.69. The monoisotopic (exact) mass is 358 g/mol. The Balaban J connectivity index is 2.14. The van der Waals surface area contributed by atoms with Crippen molar-refractivity contribution in [2.24, 2.45) is 0 Å². The van der Waals surface area contributed by atoms with Gasteiger partial charge < -0.3 is 15.4 Å². The summed E-state index contributed by atoms with van der Waals surface area (Å²) in [7, 11) is 0. The molecule has 3 nitrogen and oxygen atoms in total. The zero-order chi connectivity index (χ0) is 18.4. The first kappa shape index (κ1) is 19.9. The summed E-state index contributed by atoms with van der Waals surface area (Å²) in [6.45, 7) is 6.38. The van der Waals surface area contributed by atoms with E-state index < -0.39 is 12.6 Å². The highest BCUT2D eigenvalue weighted by Crippen LogP contribution is 2.35. The van der Waals surface area contributed by atoms with Gasteiger partial charge in [0.1, 0.15) is 0 Å². The van der Waals surface area contributed by atoms with Crippen molar-refractivity contribution < 1.29 is 17.9 Å². The molecule has 1 atom stereocenters. The lowest BCUT2D eigenvalue weighted by molar-refractivity contribution is -0.136. The minimum atomic E-state index is -4.11. The smallest absolute Gasteiger partial charge is 0.389 e.